The van der Waals surface area contributed by atoms with E-state index in [9.17, 15) is 0 Å². The van der Waals surface area contributed by atoms with Gasteiger partial charge in [0.1, 0.15) is 5.15 Å². The van der Waals surface area contributed by atoms with Crippen LogP contribution < -0.4 is 0 Å². The largest absolute Gasteiger partial charge is 0.265 e. The smallest absolute Gasteiger partial charge is 0.166 e. The minimum atomic E-state index is 0.439. The van der Waals surface area contributed by atoms with Gasteiger partial charge in [0.15, 0.2) is 11.3 Å². The highest BCUT2D eigenvalue weighted by Gasteiger charge is 2.11. The van der Waals surface area contributed by atoms with Crippen molar-refractivity contribution in [1.82, 2.24) is 24.6 Å². The molecule has 0 fully saturated rings. The third kappa shape index (κ3) is 1.94. The van der Waals surface area contributed by atoms with E-state index in [1.807, 2.05) is 31.2 Å². The molecule has 5 nitrogen and oxygen atoms in total. The Kier molecular flexibility index (Phi) is 2.62. The lowest BCUT2D eigenvalue weighted by Crippen LogP contribution is -1.97. The third-order valence-electron chi connectivity index (χ3n) is 3.32. The van der Waals surface area contributed by atoms with Gasteiger partial charge in [0.05, 0.1) is 5.69 Å². The molecule has 0 aliphatic carbocycles. The van der Waals surface area contributed by atoms with Crippen molar-refractivity contribution in [2.75, 3.05) is 0 Å². The molecule has 102 valence electrons. The summed E-state index contributed by atoms with van der Waals surface area (Å²) in [5, 5.41) is 5.74. The zero-order valence-electron chi connectivity index (χ0n) is 11.2. The van der Waals surface area contributed by atoms with Gasteiger partial charge in [-0.1, -0.05) is 11.6 Å². The Morgan fingerprint density at radius 3 is 2.76 bits per heavy atom. The summed E-state index contributed by atoms with van der Waals surface area (Å²) in [6.45, 7) is 1.92. The molecule has 0 N–H and O–H groups in total. The molecule has 21 heavy (non-hydrogen) atoms. The molecule has 4 aromatic heterocycles. The van der Waals surface area contributed by atoms with Crippen LogP contribution in [0.1, 0.15) is 5.69 Å². The van der Waals surface area contributed by atoms with Crippen LogP contribution in [0.3, 0.4) is 0 Å². The van der Waals surface area contributed by atoms with Crippen LogP contribution in [-0.4, -0.2) is 24.6 Å². The van der Waals surface area contributed by atoms with Crippen molar-refractivity contribution < 1.29 is 0 Å². The average molecular weight is 296 g/mol. The van der Waals surface area contributed by atoms with Gasteiger partial charge in [-0.3, -0.25) is 4.98 Å². The van der Waals surface area contributed by atoms with E-state index in [1.54, 1.807) is 23.1 Å². The first-order valence-electron chi connectivity index (χ1n) is 6.44. The Morgan fingerprint density at radius 2 is 1.95 bits per heavy atom. The van der Waals surface area contributed by atoms with Gasteiger partial charge < -0.3 is 0 Å². The molecule has 0 radical (unpaired) electrons. The molecule has 0 saturated heterocycles. The van der Waals surface area contributed by atoms with Crippen LogP contribution >= 0.6 is 11.6 Å². The Hall–Kier alpha value is -2.53. The minimum Gasteiger partial charge on any atom is -0.265 e. The summed E-state index contributed by atoms with van der Waals surface area (Å²) in [4.78, 5) is 12.9. The summed E-state index contributed by atoms with van der Waals surface area (Å²) in [6, 6.07) is 7.69. The molecule has 0 aromatic carbocycles. The predicted octanol–water partition coefficient (Wildman–Crippen LogP) is 3.30. The maximum atomic E-state index is 6.35. The molecular weight excluding hydrogens is 286 g/mol. The Morgan fingerprint density at radius 1 is 1.14 bits per heavy atom. The van der Waals surface area contributed by atoms with E-state index in [1.165, 1.54) is 0 Å². The number of hydrogen-bond acceptors (Lipinski definition) is 4. The van der Waals surface area contributed by atoms with Gasteiger partial charge in [0, 0.05) is 35.6 Å². The van der Waals surface area contributed by atoms with Crippen molar-refractivity contribution in [3.05, 3.63) is 53.7 Å². The van der Waals surface area contributed by atoms with E-state index in [2.05, 4.69) is 20.1 Å². The molecule has 6 heteroatoms. The predicted molar refractivity (Wildman–Crippen MR) is 81.3 cm³/mol. The average Bonchev–Trinajstić information content (AvgIpc) is 2.88. The molecule has 0 saturated carbocycles. The summed E-state index contributed by atoms with van der Waals surface area (Å²) >= 11 is 6.35. The fourth-order valence-electron chi connectivity index (χ4n) is 2.37. The number of halogens is 1. The Labute approximate surface area is 125 Å². The SMILES string of the molecule is Cc1cc2ncc3cc(-c4ccncc4)c(Cl)nc3n2n1. The van der Waals surface area contributed by atoms with Gasteiger partial charge in [0.2, 0.25) is 0 Å². The van der Waals surface area contributed by atoms with E-state index in [0.29, 0.717) is 10.8 Å². The number of aryl methyl sites for hydroxylation is 1. The molecule has 0 bridgehead atoms. The number of hydrogen-bond donors (Lipinski definition) is 0. The lowest BCUT2D eigenvalue weighted by Gasteiger charge is -2.06. The molecule has 4 aromatic rings. The van der Waals surface area contributed by atoms with Gasteiger partial charge in [-0.2, -0.15) is 9.61 Å². The maximum absolute atomic E-state index is 6.35. The van der Waals surface area contributed by atoms with E-state index >= 15 is 0 Å². The van der Waals surface area contributed by atoms with Crippen LogP contribution in [0.2, 0.25) is 5.15 Å². The summed E-state index contributed by atoms with van der Waals surface area (Å²) in [5.41, 5.74) is 4.19. The highest BCUT2D eigenvalue weighted by molar-refractivity contribution is 6.32. The number of rotatable bonds is 1. The van der Waals surface area contributed by atoms with E-state index in [0.717, 1.165) is 27.9 Å². The van der Waals surface area contributed by atoms with Crippen molar-refractivity contribution in [3.8, 4) is 11.1 Å². The molecule has 4 rings (SSSR count). The molecule has 4 heterocycles. The fraction of sp³-hybridized carbons (Fsp3) is 0.0667. The Balaban J connectivity index is 2.04. The lowest BCUT2D eigenvalue weighted by molar-refractivity contribution is 0.939. The second-order valence-electron chi connectivity index (χ2n) is 4.79. The number of aromatic nitrogens is 5. The molecule has 0 atom stereocenters. The highest BCUT2D eigenvalue weighted by Crippen LogP contribution is 2.29. The molecule has 0 aliphatic rings. The maximum Gasteiger partial charge on any atom is 0.166 e. The molecule has 0 amide bonds. The topological polar surface area (TPSA) is 56.0 Å². The monoisotopic (exact) mass is 295 g/mol. The van der Waals surface area contributed by atoms with E-state index < -0.39 is 0 Å². The highest BCUT2D eigenvalue weighted by atomic mass is 35.5. The van der Waals surface area contributed by atoms with Crippen LogP contribution in [0.4, 0.5) is 0 Å². The first-order chi connectivity index (χ1) is 10.2. The van der Waals surface area contributed by atoms with Crippen LogP contribution in [0.15, 0.2) is 42.9 Å². The van der Waals surface area contributed by atoms with Gasteiger partial charge in [-0.05, 0) is 30.7 Å². The Bertz CT molecular complexity index is 962. The zero-order valence-corrected chi connectivity index (χ0v) is 11.9. The summed E-state index contributed by atoms with van der Waals surface area (Å²) in [6.07, 6.45) is 5.25. The van der Waals surface area contributed by atoms with Gasteiger partial charge in [-0.25, -0.2) is 9.97 Å². The second kappa shape index (κ2) is 4.49. The van der Waals surface area contributed by atoms with Gasteiger partial charge >= 0.3 is 0 Å². The fourth-order valence-corrected chi connectivity index (χ4v) is 2.61. The van der Waals surface area contributed by atoms with Crippen LogP contribution in [0.25, 0.3) is 27.8 Å². The van der Waals surface area contributed by atoms with Crippen molar-refractivity contribution in [3.63, 3.8) is 0 Å². The van der Waals surface area contributed by atoms with E-state index in [4.69, 9.17) is 11.6 Å². The first kappa shape index (κ1) is 12.2. The lowest BCUT2D eigenvalue weighted by atomic mass is 10.1. The summed E-state index contributed by atoms with van der Waals surface area (Å²) in [5.74, 6) is 0. The molecule has 0 spiro atoms. The van der Waals surface area contributed by atoms with Crippen molar-refractivity contribution in [2.24, 2.45) is 0 Å². The third-order valence-corrected chi connectivity index (χ3v) is 3.61. The van der Waals surface area contributed by atoms with Crippen molar-refractivity contribution in [1.29, 1.82) is 0 Å². The van der Waals surface area contributed by atoms with Crippen LogP contribution in [-0.2, 0) is 0 Å². The summed E-state index contributed by atoms with van der Waals surface area (Å²) < 4.78 is 1.72. The van der Waals surface area contributed by atoms with Gasteiger partial charge in [0.25, 0.3) is 0 Å². The van der Waals surface area contributed by atoms with Crippen LogP contribution in [0, 0.1) is 6.92 Å². The zero-order chi connectivity index (χ0) is 14.4. The van der Waals surface area contributed by atoms with Crippen molar-refractivity contribution in [2.45, 2.75) is 6.92 Å². The van der Waals surface area contributed by atoms with Crippen LogP contribution in [0.5, 0.6) is 0 Å². The number of pyridine rings is 2. The number of fused-ring (bicyclic) bond motifs is 3. The minimum absolute atomic E-state index is 0.439. The number of nitrogens with zero attached hydrogens (tertiary/aromatic N) is 5. The molecule has 0 unspecified atom stereocenters. The normalized spacial score (nSPS) is 11.3. The molecular formula is C15H10ClN5. The summed E-state index contributed by atoms with van der Waals surface area (Å²) in [7, 11) is 0. The van der Waals surface area contributed by atoms with Gasteiger partial charge in [-0.15, -0.1) is 0 Å². The standard InChI is InChI=1S/C15H10ClN5/c1-9-6-13-18-8-11-7-12(10-2-4-17-5-3-10)14(16)19-15(11)21(13)20-9/h2-8H,1H3. The first-order valence-corrected chi connectivity index (χ1v) is 6.82. The van der Waals surface area contributed by atoms with Crippen molar-refractivity contribution >= 4 is 28.3 Å². The van der Waals surface area contributed by atoms with E-state index in [-0.39, 0.29) is 0 Å². The quantitative estimate of drug-likeness (QED) is 0.506. The second-order valence-corrected chi connectivity index (χ2v) is 5.15. The molecule has 0 aliphatic heterocycles.